The molecule has 1 aromatic rings. The van der Waals surface area contributed by atoms with Crippen molar-refractivity contribution < 1.29 is 39.9 Å². The number of nitrogens with two attached hydrogens (primary N) is 1. The average molecular weight is 571 g/mol. The summed E-state index contributed by atoms with van der Waals surface area (Å²) in [6.07, 6.45) is 0.107. The number of nitrogens with zero attached hydrogens (tertiary/aromatic N) is 3. The van der Waals surface area contributed by atoms with Gasteiger partial charge in [-0.15, -0.1) is 0 Å². The Balaban J connectivity index is 1.67. The van der Waals surface area contributed by atoms with E-state index in [0.29, 0.717) is 11.3 Å². The Bertz CT molecular complexity index is 1400. The van der Waals surface area contributed by atoms with Crippen molar-refractivity contribution in [1.29, 1.82) is 0 Å². The predicted molar refractivity (Wildman–Crippen MR) is 149 cm³/mol. The molecule has 3 aliphatic carbocycles. The first kappa shape index (κ1) is 29.1. The van der Waals surface area contributed by atoms with Crippen LogP contribution in [0.2, 0.25) is 0 Å². The van der Waals surface area contributed by atoms with Crippen LogP contribution in [0.4, 0.5) is 5.69 Å². The molecule has 0 saturated carbocycles. The van der Waals surface area contributed by atoms with Crippen molar-refractivity contribution in [2.45, 2.75) is 49.5 Å². The maximum Gasteiger partial charge on any atom is 0.255 e. The van der Waals surface area contributed by atoms with Crippen LogP contribution in [-0.4, -0.2) is 118 Å². The minimum absolute atomic E-state index is 0.0808. The summed E-state index contributed by atoms with van der Waals surface area (Å²) in [5.74, 6) is -8.88. The van der Waals surface area contributed by atoms with Gasteiger partial charge in [-0.05, 0) is 64.6 Å². The smallest absolute Gasteiger partial charge is 0.255 e. The van der Waals surface area contributed by atoms with Crippen molar-refractivity contribution >= 4 is 23.2 Å². The van der Waals surface area contributed by atoms with Crippen LogP contribution in [0, 0.1) is 11.8 Å². The summed E-state index contributed by atoms with van der Waals surface area (Å²) in [5.41, 5.74) is 1.91. The first-order valence-corrected chi connectivity index (χ1v) is 13.8. The minimum Gasteiger partial charge on any atom is -0.510 e. The highest BCUT2D eigenvalue weighted by Crippen LogP contribution is 2.56. The summed E-state index contributed by atoms with van der Waals surface area (Å²) in [5, 5.41) is 57.4. The van der Waals surface area contributed by atoms with Gasteiger partial charge in [0.1, 0.15) is 22.8 Å². The number of carbonyl (C=O) groups is 3. The van der Waals surface area contributed by atoms with Crippen LogP contribution in [0.3, 0.4) is 0 Å². The molecular formula is C29H38N4O8. The zero-order valence-corrected chi connectivity index (χ0v) is 23.8. The molecule has 7 N–H and O–H groups in total. The molecule has 1 aliphatic heterocycles. The summed E-state index contributed by atoms with van der Waals surface area (Å²) >= 11 is 0. The van der Waals surface area contributed by atoms with E-state index in [1.54, 1.807) is 19.1 Å². The third-order valence-corrected chi connectivity index (χ3v) is 9.73. The molecule has 5 rings (SSSR count). The largest absolute Gasteiger partial charge is 0.510 e. The minimum atomic E-state index is -2.93. The number of rotatable bonds is 4. The number of anilines is 1. The fraction of sp³-hybridized carbons (Fsp3) is 0.552. The number of phenolic OH excluding ortho intramolecular Hbond substituents is 1. The molecule has 12 heteroatoms. The van der Waals surface area contributed by atoms with E-state index in [1.165, 1.54) is 19.0 Å². The number of likely N-dealkylation sites (tertiary alicyclic amines) is 1. The Hall–Kier alpha value is -3.45. The Labute approximate surface area is 237 Å². The van der Waals surface area contributed by atoms with Gasteiger partial charge in [0.2, 0.25) is 5.78 Å². The van der Waals surface area contributed by atoms with Crippen molar-refractivity contribution in [3.63, 3.8) is 0 Å². The molecular weight excluding hydrogens is 532 g/mol. The van der Waals surface area contributed by atoms with E-state index in [0.717, 1.165) is 25.9 Å². The number of Topliss-reactive ketones (excluding diaryl/α,β-unsaturated/α-hetero) is 2. The molecule has 4 aliphatic rings. The molecule has 6 atom stereocenters. The number of hydrogen-bond acceptors (Lipinski definition) is 11. The number of aliphatic hydroxyl groups excluding tert-OH is 3. The number of carbonyl (C=O) groups excluding carboxylic acids is 3. The number of amides is 1. The van der Waals surface area contributed by atoms with E-state index in [9.17, 15) is 39.9 Å². The maximum atomic E-state index is 14.1. The van der Waals surface area contributed by atoms with E-state index < -0.39 is 75.6 Å². The van der Waals surface area contributed by atoms with Crippen molar-refractivity contribution in [3.8, 4) is 5.75 Å². The molecule has 41 heavy (non-hydrogen) atoms. The number of hydrogen-bond donors (Lipinski definition) is 6. The van der Waals surface area contributed by atoms with Gasteiger partial charge < -0.3 is 41.1 Å². The fourth-order valence-corrected chi connectivity index (χ4v) is 7.48. The lowest BCUT2D eigenvalue weighted by Crippen LogP contribution is -2.68. The van der Waals surface area contributed by atoms with Crippen LogP contribution in [-0.2, 0) is 9.59 Å². The molecule has 0 aromatic heterocycles. The van der Waals surface area contributed by atoms with Gasteiger partial charge >= 0.3 is 0 Å². The summed E-state index contributed by atoms with van der Waals surface area (Å²) in [7, 11) is 6.90. The van der Waals surface area contributed by atoms with Gasteiger partial charge in [-0.3, -0.25) is 19.3 Å². The molecule has 0 bridgehead atoms. The lowest BCUT2D eigenvalue weighted by Gasteiger charge is -2.53. The molecule has 1 amide bonds. The van der Waals surface area contributed by atoms with Gasteiger partial charge in [0.15, 0.2) is 11.4 Å². The third kappa shape index (κ3) is 3.92. The Morgan fingerprint density at radius 1 is 1.10 bits per heavy atom. The maximum absolute atomic E-state index is 14.1. The van der Waals surface area contributed by atoms with E-state index in [-0.39, 0.29) is 17.4 Å². The van der Waals surface area contributed by atoms with Crippen molar-refractivity contribution in [1.82, 2.24) is 9.80 Å². The zero-order chi connectivity index (χ0) is 30.3. The fourth-order valence-electron chi connectivity index (χ4n) is 7.48. The molecule has 1 saturated heterocycles. The number of primary amides is 1. The molecule has 1 fully saturated rings. The monoisotopic (exact) mass is 570 g/mol. The number of piperidine rings is 1. The highest BCUT2D eigenvalue weighted by atomic mass is 16.4. The summed E-state index contributed by atoms with van der Waals surface area (Å²) in [4.78, 5) is 45.3. The van der Waals surface area contributed by atoms with Gasteiger partial charge in [-0.2, -0.15) is 0 Å². The average Bonchev–Trinajstić information content (AvgIpc) is 2.90. The molecule has 0 unspecified atom stereocenters. The lowest BCUT2D eigenvalue weighted by atomic mass is 9.55. The van der Waals surface area contributed by atoms with Gasteiger partial charge in [-0.25, -0.2) is 0 Å². The van der Waals surface area contributed by atoms with Crippen LogP contribution >= 0.6 is 0 Å². The number of aliphatic hydroxyl groups is 4. The van der Waals surface area contributed by atoms with E-state index >= 15 is 0 Å². The van der Waals surface area contributed by atoms with Crippen LogP contribution in [0.15, 0.2) is 34.8 Å². The Morgan fingerprint density at radius 2 is 1.71 bits per heavy atom. The van der Waals surface area contributed by atoms with E-state index in [2.05, 4.69) is 4.90 Å². The highest BCUT2D eigenvalue weighted by molar-refractivity contribution is 6.25. The molecule has 0 radical (unpaired) electrons. The first-order valence-electron chi connectivity index (χ1n) is 13.8. The molecule has 0 spiro atoms. The number of phenols is 1. The standard InChI is InChI=1S/C29H38N4O8/c1-12-14-6-7-15(33(5)13-8-10-32(4)11-9-13)22(34)17(14)23(35)18-16(12)24(36)20-21(31(2)3)25(37)19(28(30)40)27(39)29(20,41)26(18)38/h6-7,12-13,16,20-21,24,34,36-38,41H,8-11H2,1-5H3,(H2,30,40)/t12-,16+,20+,21+,24-,29+/m0/s1. The number of likely N-dealkylation sites (N-methyl/N-ethyl adjacent to an activating group) is 1. The summed E-state index contributed by atoms with van der Waals surface area (Å²) in [6, 6.07) is 2.29. The lowest BCUT2D eigenvalue weighted by molar-refractivity contribution is -0.162. The second-order valence-electron chi connectivity index (χ2n) is 12.1. The molecule has 12 nitrogen and oxygen atoms in total. The van der Waals surface area contributed by atoms with Gasteiger partial charge in [0.25, 0.3) is 5.91 Å². The first-order chi connectivity index (χ1) is 19.2. The second-order valence-corrected chi connectivity index (χ2v) is 12.1. The van der Waals surface area contributed by atoms with Gasteiger partial charge in [0, 0.05) is 24.6 Å². The van der Waals surface area contributed by atoms with E-state index in [1.807, 2.05) is 19.0 Å². The predicted octanol–water partition coefficient (Wildman–Crippen LogP) is 0.183. The summed E-state index contributed by atoms with van der Waals surface area (Å²) < 4.78 is 0. The highest BCUT2D eigenvalue weighted by Gasteiger charge is 2.67. The van der Waals surface area contributed by atoms with Crippen LogP contribution in [0.1, 0.15) is 41.6 Å². The summed E-state index contributed by atoms with van der Waals surface area (Å²) in [6.45, 7) is 3.49. The van der Waals surface area contributed by atoms with Crippen molar-refractivity contribution in [3.05, 3.63) is 45.9 Å². The van der Waals surface area contributed by atoms with Crippen LogP contribution in [0.25, 0.3) is 0 Å². The molecule has 1 aromatic carbocycles. The number of aromatic hydroxyl groups is 1. The molecule has 1 heterocycles. The number of benzene rings is 1. The van der Waals surface area contributed by atoms with Crippen molar-refractivity contribution in [2.24, 2.45) is 17.6 Å². The van der Waals surface area contributed by atoms with Crippen LogP contribution < -0.4 is 10.6 Å². The quantitative estimate of drug-likeness (QED) is 0.271. The number of fused-ring (bicyclic) bond motifs is 3. The molecule has 222 valence electrons. The van der Waals surface area contributed by atoms with Crippen LogP contribution in [0.5, 0.6) is 5.75 Å². The Kier molecular flexibility index (Phi) is 6.97. The van der Waals surface area contributed by atoms with Gasteiger partial charge in [0.05, 0.1) is 29.3 Å². The normalized spacial score (nSPS) is 32.6. The zero-order valence-electron chi connectivity index (χ0n) is 23.8. The van der Waals surface area contributed by atoms with Gasteiger partial charge in [-0.1, -0.05) is 13.0 Å². The second kappa shape index (κ2) is 9.83. The topological polar surface area (TPSA) is 188 Å². The van der Waals surface area contributed by atoms with Crippen molar-refractivity contribution in [2.75, 3.05) is 46.2 Å². The SMILES string of the molecule is C[C@H]1c2ccc(N(C)C3CCN(C)CC3)c(O)c2C(=O)C2=C(O)[C@@]3(O)C(=O)C(C(N)=O)=C(O)[C@H](N(C)C)[C@@H]3[C@@H](O)[C@@H]21. The van der Waals surface area contributed by atoms with E-state index in [4.69, 9.17) is 5.73 Å². The number of ketones is 2. The Morgan fingerprint density at radius 3 is 2.27 bits per heavy atom. The third-order valence-electron chi connectivity index (χ3n) is 9.73.